The van der Waals surface area contributed by atoms with E-state index < -0.39 is 0 Å². The Hall–Kier alpha value is -0.240. The van der Waals surface area contributed by atoms with Gasteiger partial charge in [-0.2, -0.15) is 0 Å². The molecule has 0 saturated carbocycles. The van der Waals surface area contributed by atoms with Gasteiger partial charge in [-0.05, 0) is 6.42 Å². The third-order valence-corrected chi connectivity index (χ3v) is 1.56. The lowest BCUT2D eigenvalue weighted by molar-refractivity contribution is -0.117. The van der Waals surface area contributed by atoms with Crippen molar-refractivity contribution in [3.05, 3.63) is 0 Å². The summed E-state index contributed by atoms with van der Waals surface area (Å²) in [6.45, 7) is 1.93. The Morgan fingerprint density at radius 3 is 2.50 bits per heavy atom. The molecule has 0 aliphatic heterocycles. The van der Waals surface area contributed by atoms with Crippen molar-refractivity contribution in [2.24, 2.45) is 0 Å². The molecule has 0 rings (SSSR count). The van der Waals surface area contributed by atoms with E-state index in [1.807, 2.05) is 6.92 Å². The topological polar surface area (TPSA) is 20.3 Å². The lowest BCUT2D eigenvalue weighted by Crippen LogP contribution is -2.24. The summed E-state index contributed by atoms with van der Waals surface area (Å²) in [7, 11) is 1.66. The maximum atomic E-state index is 9.95. The smallest absolute Gasteiger partial charge is 0.210 e. The van der Waals surface area contributed by atoms with E-state index in [2.05, 4.69) is 0 Å². The molecular formula is C5H10ClNO. The minimum Gasteiger partial charge on any atom is -0.332 e. The maximum absolute atomic E-state index is 9.95. The van der Waals surface area contributed by atoms with Crippen molar-refractivity contribution in [1.82, 2.24) is 4.90 Å². The highest BCUT2D eigenvalue weighted by molar-refractivity contribution is 6.20. The summed E-state index contributed by atoms with van der Waals surface area (Å²) in [6, 6.07) is 0. The highest BCUT2D eigenvalue weighted by atomic mass is 35.5. The van der Waals surface area contributed by atoms with Gasteiger partial charge < -0.3 is 4.90 Å². The first-order valence-corrected chi connectivity index (χ1v) is 2.97. The van der Waals surface area contributed by atoms with Gasteiger partial charge in [-0.3, -0.25) is 4.79 Å². The zero-order chi connectivity index (χ0) is 6.57. The zero-order valence-electron chi connectivity index (χ0n) is 5.10. The molecule has 48 valence electrons. The van der Waals surface area contributed by atoms with Crippen molar-refractivity contribution < 1.29 is 4.79 Å². The molecule has 0 aromatic rings. The van der Waals surface area contributed by atoms with E-state index in [0.717, 1.165) is 12.8 Å². The van der Waals surface area contributed by atoms with Crippen LogP contribution >= 0.6 is 11.6 Å². The molecule has 8 heavy (non-hydrogen) atoms. The molecule has 1 atom stereocenters. The largest absolute Gasteiger partial charge is 0.332 e. The number of alkyl halides is 1. The van der Waals surface area contributed by atoms with Gasteiger partial charge in [0.15, 0.2) is 0 Å². The number of rotatable bonds is 3. The molecule has 0 aliphatic rings. The molecule has 0 aromatic carbocycles. The summed E-state index contributed by atoms with van der Waals surface area (Å²) in [5.74, 6) is 0. The van der Waals surface area contributed by atoms with E-state index in [1.54, 1.807) is 7.05 Å². The van der Waals surface area contributed by atoms with Crippen molar-refractivity contribution in [1.29, 1.82) is 0 Å². The fourth-order valence-corrected chi connectivity index (χ4v) is 0.400. The van der Waals surface area contributed by atoms with Gasteiger partial charge in [0, 0.05) is 7.05 Å². The predicted octanol–water partition coefficient (Wildman–Crippen LogP) is 1.05. The molecule has 0 spiro atoms. The van der Waals surface area contributed by atoms with Gasteiger partial charge in [-0.15, -0.1) is 0 Å². The molecule has 0 radical (unpaired) electrons. The van der Waals surface area contributed by atoms with E-state index in [0.29, 0.717) is 0 Å². The average Bonchev–Trinajstić information content (AvgIpc) is 1.84. The Kier molecular flexibility index (Phi) is 3.61. The lowest BCUT2D eigenvalue weighted by Gasteiger charge is -2.14. The maximum Gasteiger partial charge on any atom is 0.210 e. The Balaban J connectivity index is 3.44. The second kappa shape index (κ2) is 3.72. The predicted molar refractivity (Wildman–Crippen MR) is 33.8 cm³/mol. The molecule has 0 aliphatic carbocycles. The quantitative estimate of drug-likeness (QED) is 0.322. The molecule has 1 unspecified atom stereocenters. The molecule has 3 heteroatoms. The van der Waals surface area contributed by atoms with E-state index >= 15 is 0 Å². The van der Waals surface area contributed by atoms with Gasteiger partial charge in [-0.25, -0.2) is 0 Å². The van der Waals surface area contributed by atoms with Gasteiger partial charge in [0.1, 0.15) is 5.50 Å². The summed E-state index contributed by atoms with van der Waals surface area (Å²) in [5.41, 5.74) is -0.146. The Morgan fingerprint density at radius 1 is 1.88 bits per heavy atom. The molecule has 2 nitrogen and oxygen atoms in total. The van der Waals surface area contributed by atoms with Crippen molar-refractivity contribution >= 4 is 18.0 Å². The van der Waals surface area contributed by atoms with Gasteiger partial charge in [0.25, 0.3) is 0 Å². The van der Waals surface area contributed by atoms with E-state index in [9.17, 15) is 4.79 Å². The van der Waals surface area contributed by atoms with Crippen molar-refractivity contribution in [3.63, 3.8) is 0 Å². The Bertz CT molecular complexity index is 76.8. The van der Waals surface area contributed by atoms with Gasteiger partial charge in [0.2, 0.25) is 6.41 Å². The van der Waals surface area contributed by atoms with Crippen LogP contribution in [0.1, 0.15) is 13.3 Å². The number of amides is 1. The van der Waals surface area contributed by atoms with Gasteiger partial charge in [-0.1, -0.05) is 18.5 Å². The molecule has 1 amide bonds. The molecule has 0 aromatic heterocycles. The van der Waals surface area contributed by atoms with Crippen LogP contribution in [-0.2, 0) is 4.79 Å². The van der Waals surface area contributed by atoms with Crippen LogP contribution in [0.2, 0.25) is 0 Å². The van der Waals surface area contributed by atoms with Crippen molar-refractivity contribution in [3.8, 4) is 0 Å². The summed E-state index contributed by atoms with van der Waals surface area (Å²) >= 11 is 5.61. The first-order chi connectivity index (χ1) is 3.72. The average molecular weight is 136 g/mol. The van der Waals surface area contributed by atoms with Crippen molar-refractivity contribution in [2.75, 3.05) is 7.05 Å². The van der Waals surface area contributed by atoms with E-state index in [4.69, 9.17) is 11.6 Å². The third kappa shape index (κ3) is 2.17. The lowest BCUT2D eigenvalue weighted by atomic mass is 10.4. The molecule has 0 heterocycles. The van der Waals surface area contributed by atoms with Crippen molar-refractivity contribution in [2.45, 2.75) is 18.8 Å². The number of hydrogen-bond donors (Lipinski definition) is 0. The number of hydrogen-bond acceptors (Lipinski definition) is 1. The summed E-state index contributed by atoms with van der Waals surface area (Å²) < 4.78 is 0. The van der Waals surface area contributed by atoms with Crippen LogP contribution in [0.15, 0.2) is 0 Å². The summed E-state index contributed by atoms with van der Waals surface area (Å²) in [6.07, 6.45) is 1.51. The van der Waals surface area contributed by atoms with Crippen LogP contribution in [0.3, 0.4) is 0 Å². The summed E-state index contributed by atoms with van der Waals surface area (Å²) in [4.78, 5) is 11.4. The van der Waals surface area contributed by atoms with Crippen LogP contribution in [-0.4, -0.2) is 23.9 Å². The third-order valence-electron chi connectivity index (χ3n) is 0.945. The van der Waals surface area contributed by atoms with Gasteiger partial charge in [0.05, 0.1) is 0 Å². The highest BCUT2D eigenvalue weighted by Crippen LogP contribution is 2.02. The van der Waals surface area contributed by atoms with Gasteiger partial charge >= 0.3 is 0 Å². The zero-order valence-corrected chi connectivity index (χ0v) is 5.85. The molecule has 0 saturated heterocycles. The van der Waals surface area contributed by atoms with Crippen LogP contribution in [0, 0.1) is 0 Å². The van der Waals surface area contributed by atoms with E-state index in [1.165, 1.54) is 4.90 Å². The molecule has 0 bridgehead atoms. The minimum atomic E-state index is -0.146. The van der Waals surface area contributed by atoms with Crippen LogP contribution < -0.4 is 0 Å². The number of nitrogens with zero attached hydrogens (tertiary/aromatic N) is 1. The molecular weight excluding hydrogens is 126 g/mol. The normalized spacial score (nSPS) is 12.9. The first-order valence-electron chi connectivity index (χ1n) is 2.53. The van der Waals surface area contributed by atoms with Crippen LogP contribution in [0.4, 0.5) is 0 Å². The second-order valence-corrected chi connectivity index (χ2v) is 2.12. The first kappa shape index (κ1) is 7.76. The fourth-order valence-electron chi connectivity index (χ4n) is 0.354. The number of carbonyl (C=O) groups excluding carboxylic acids is 1. The monoisotopic (exact) mass is 135 g/mol. The highest BCUT2D eigenvalue weighted by Gasteiger charge is 2.03. The summed E-state index contributed by atoms with van der Waals surface area (Å²) in [5, 5.41) is 0. The molecule has 0 fully saturated rings. The van der Waals surface area contributed by atoms with Crippen LogP contribution in [0.5, 0.6) is 0 Å². The van der Waals surface area contributed by atoms with E-state index in [-0.39, 0.29) is 5.50 Å². The second-order valence-electron chi connectivity index (χ2n) is 1.61. The number of halogens is 1. The fraction of sp³-hybridized carbons (Fsp3) is 0.800. The van der Waals surface area contributed by atoms with Crippen LogP contribution in [0.25, 0.3) is 0 Å². The Labute approximate surface area is 54.4 Å². The molecule has 0 N–H and O–H groups in total. The SMILES string of the molecule is CCC(Cl)N(C)C=O. The minimum absolute atomic E-state index is 0.146. The number of carbonyl (C=O) groups is 1. The standard InChI is InChI=1S/C5H10ClNO/c1-3-5(6)7(2)4-8/h4-5H,3H2,1-2H3. The Morgan fingerprint density at radius 2 is 2.38 bits per heavy atom.